The van der Waals surface area contributed by atoms with Crippen molar-refractivity contribution in [2.24, 2.45) is 13.0 Å². The van der Waals surface area contributed by atoms with E-state index in [4.69, 9.17) is 0 Å². The lowest BCUT2D eigenvalue weighted by atomic mass is 9.78. The van der Waals surface area contributed by atoms with Crippen LogP contribution in [0.15, 0.2) is 36.7 Å². The van der Waals surface area contributed by atoms with Gasteiger partial charge in [0.1, 0.15) is 0 Å². The topological polar surface area (TPSA) is 59.0 Å². The first-order valence-corrected chi connectivity index (χ1v) is 9.20. The molecule has 1 aromatic heterocycles. The number of nitrogens with zero attached hydrogens (tertiary/aromatic N) is 2. The van der Waals surface area contributed by atoms with Gasteiger partial charge in [-0.2, -0.15) is 5.10 Å². The minimum atomic E-state index is -0.0949. The quantitative estimate of drug-likeness (QED) is 0.900. The Labute approximate surface area is 148 Å². The van der Waals surface area contributed by atoms with Crippen LogP contribution in [-0.2, 0) is 18.9 Å². The Bertz CT molecular complexity index is 784. The lowest BCUT2D eigenvalue weighted by Gasteiger charge is -2.26. The van der Waals surface area contributed by atoms with Crippen LogP contribution in [0.2, 0.25) is 0 Å². The second kappa shape index (κ2) is 6.21. The Morgan fingerprint density at radius 2 is 2.28 bits per heavy atom. The summed E-state index contributed by atoms with van der Waals surface area (Å²) in [6.45, 7) is 2.73. The molecule has 2 N–H and O–H groups in total. The van der Waals surface area contributed by atoms with Crippen LogP contribution >= 0.6 is 0 Å². The van der Waals surface area contributed by atoms with E-state index < -0.39 is 0 Å². The smallest absolute Gasteiger partial charge is 0.315 e. The van der Waals surface area contributed by atoms with Crippen LogP contribution in [0.25, 0.3) is 0 Å². The van der Waals surface area contributed by atoms with Gasteiger partial charge in [-0.15, -0.1) is 0 Å². The van der Waals surface area contributed by atoms with Crippen molar-refractivity contribution >= 4 is 6.03 Å². The highest BCUT2D eigenvalue weighted by molar-refractivity contribution is 5.74. The van der Waals surface area contributed by atoms with Crippen LogP contribution < -0.4 is 10.6 Å². The minimum absolute atomic E-state index is 0.0442. The summed E-state index contributed by atoms with van der Waals surface area (Å²) in [5, 5.41) is 10.2. The van der Waals surface area contributed by atoms with E-state index in [0.717, 1.165) is 12.1 Å². The Balaban J connectivity index is 1.32. The van der Waals surface area contributed by atoms with E-state index in [2.05, 4.69) is 40.0 Å². The third kappa shape index (κ3) is 3.03. The van der Waals surface area contributed by atoms with Crippen molar-refractivity contribution in [1.82, 2.24) is 20.4 Å². The number of hydrogen-bond acceptors (Lipinski definition) is 2. The highest BCUT2D eigenvalue weighted by Gasteiger charge is 2.56. The molecule has 1 spiro atoms. The number of urea groups is 1. The highest BCUT2D eigenvalue weighted by atomic mass is 16.2. The van der Waals surface area contributed by atoms with Crippen molar-refractivity contribution in [3.8, 4) is 0 Å². The zero-order valence-corrected chi connectivity index (χ0v) is 15.0. The van der Waals surface area contributed by atoms with E-state index in [0.29, 0.717) is 11.3 Å². The van der Waals surface area contributed by atoms with Crippen molar-refractivity contribution < 1.29 is 4.79 Å². The van der Waals surface area contributed by atoms with Gasteiger partial charge in [0.15, 0.2) is 0 Å². The second-order valence-electron chi connectivity index (χ2n) is 7.59. The van der Waals surface area contributed by atoms with Gasteiger partial charge < -0.3 is 10.6 Å². The van der Waals surface area contributed by atoms with E-state index in [1.807, 2.05) is 20.2 Å². The Kier molecular flexibility index (Phi) is 4.02. The van der Waals surface area contributed by atoms with Gasteiger partial charge in [-0.25, -0.2) is 4.79 Å². The molecule has 0 saturated heterocycles. The van der Waals surface area contributed by atoms with Gasteiger partial charge in [-0.3, -0.25) is 4.68 Å². The summed E-state index contributed by atoms with van der Waals surface area (Å²) in [6.07, 6.45) is 8.63. The molecule has 0 radical (unpaired) electrons. The predicted molar refractivity (Wildman–Crippen MR) is 97.3 cm³/mol. The van der Waals surface area contributed by atoms with Crippen molar-refractivity contribution in [3.05, 3.63) is 53.3 Å². The fourth-order valence-electron chi connectivity index (χ4n) is 4.45. The largest absolute Gasteiger partial charge is 0.338 e. The van der Waals surface area contributed by atoms with Crippen molar-refractivity contribution in [2.45, 2.75) is 44.1 Å². The molecule has 5 nitrogen and oxygen atoms in total. The third-order valence-electron chi connectivity index (χ3n) is 5.94. The van der Waals surface area contributed by atoms with Crippen molar-refractivity contribution in [2.75, 3.05) is 6.54 Å². The molecule has 1 fully saturated rings. The van der Waals surface area contributed by atoms with E-state index in [-0.39, 0.29) is 12.1 Å². The van der Waals surface area contributed by atoms with Gasteiger partial charge in [0.25, 0.3) is 0 Å². The molecule has 1 heterocycles. The van der Waals surface area contributed by atoms with Gasteiger partial charge >= 0.3 is 6.03 Å². The van der Waals surface area contributed by atoms with Crippen LogP contribution in [0, 0.1) is 5.92 Å². The number of benzene rings is 1. The molecular weight excluding hydrogens is 312 g/mol. The number of hydrogen-bond donors (Lipinski definition) is 2. The van der Waals surface area contributed by atoms with Gasteiger partial charge in [0.2, 0.25) is 0 Å². The number of carbonyl (C=O) groups excluding carboxylic acids is 1. The summed E-state index contributed by atoms with van der Waals surface area (Å²) in [5.74, 6) is 0.563. The SMILES string of the molecule is C[C@H](NC(=O)NC[C@@H]1C[C@@]12CCCc1ccccc12)c1cnn(C)c1. The summed E-state index contributed by atoms with van der Waals surface area (Å²) >= 11 is 0. The van der Waals surface area contributed by atoms with Crippen LogP contribution in [0.5, 0.6) is 0 Å². The zero-order valence-electron chi connectivity index (χ0n) is 15.0. The van der Waals surface area contributed by atoms with Crippen molar-refractivity contribution in [3.63, 3.8) is 0 Å². The number of rotatable bonds is 4. The van der Waals surface area contributed by atoms with E-state index >= 15 is 0 Å². The number of aromatic nitrogens is 2. The highest BCUT2D eigenvalue weighted by Crippen LogP contribution is 2.59. The summed E-state index contributed by atoms with van der Waals surface area (Å²) in [6, 6.07) is 8.71. The Morgan fingerprint density at radius 3 is 3.08 bits per heavy atom. The molecule has 2 aliphatic carbocycles. The summed E-state index contributed by atoms with van der Waals surface area (Å²) in [5.41, 5.74) is 4.36. The first kappa shape index (κ1) is 16.2. The molecule has 2 amide bonds. The number of fused-ring (bicyclic) bond motifs is 2. The van der Waals surface area contributed by atoms with E-state index in [1.165, 1.54) is 36.8 Å². The summed E-state index contributed by atoms with van der Waals surface area (Å²) < 4.78 is 1.75. The van der Waals surface area contributed by atoms with Crippen LogP contribution in [0.4, 0.5) is 4.79 Å². The number of amides is 2. The van der Waals surface area contributed by atoms with Crippen LogP contribution in [0.3, 0.4) is 0 Å². The third-order valence-corrected chi connectivity index (χ3v) is 5.94. The molecule has 2 aromatic rings. The van der Waals surface area contributed by atoms with Crippen molar-refractivity contribution in [1.29, 1.82) is 0 Å². The summed E-state index contributed by atoms with van der Waals surface area (Å²) in [4.78, 5) is 12.2. The number of carbonyl (C=O) groups is 1. The lowest BCUT2D eigenvalue weighted by molar-refractivity contribution is 0.237. The monoisotopic (exact) mass is 338 g/mol. The molecule has 5 heteroatoms. The fraction of sp³-hybridized carbons (Fsp3) is 0.500. The number of nitrogens with one attached hydrogen (secondary N) is 2. The molecule has 1 saturated carbocycles. The Morgan fingerprint density at radius 1 is 1.44 bits per heavy atom. The molecular formula is C20H26N4O. The van der Waals surface area contributed by atoms with Gasteiger partial charge in [-0.1, -0.05) is 24.3 Å². The molecule has 25 heavy (non-hydrogen) atoms. The van der Waals surface area contributed by atoms with Gasteiger partial charge in [0, 0.05) is 30.8 Å². The molecule has 2 aliphatic rings. The maximum atomic E-state index is 12.2. The standard InChI is InChI=1S/C20H26N4O/c1-14(16-11-22-24(2)13-16)23-19(25)21-12-17-10-20(17)9-5-7-15-6-3-4-8-18(15)20/h3-4,6,8,11,13-14,17H,5,7,9-10,12H2,1-2H3,(H2,21,23,25)/t14-,17-,20-/m0/s1. The van der Waals surface area contributed by atoms with Gasteiger partial charge in [-0.05, 0) is 49.7 Å². The first-order chi connectivity index (χ1) is 12.1. The molecule has 4 rings (SSSR count). The first-order valence-electron chi connectivity index (χ1n) is 9.20. The fourth-order valence-corrected chi connectivity index (χ4v) is 4.45. The molecule has 1 aromatic carbocycles. The maximum absolute atomic E-state index is 12.2. The minimum Gasteiger partial charge on any atom is -0.338 e. The van der Waals surface area contributed by atoms with E-state index in [9.17, 15) is 4.79 Å². The van der Waals surface area contributed by atoms with E-state index in [1.54, 1.807) is 10.9 Å². The normalized spacial score (nSPS) is 25.3. The molecule has 3 atom stereocenters. The summed E-state index contributed by atoms with van der Waals surface area (Å²) in [7, 11) is 1.88. The number of aryl methyl sites for hydroxylation is 2. The zero-order chi connectivity index (χ0) is 17.4. The maximum Gasteiger partial charge on any atom is 0.315 e. The second-order valence-corrected chi connectivity index (χ2v) is 7.59. The van der Waals surface area contributed by atoms with Gasteiger partial charge in [0.05, 0.1) is 12.2 Å². The molecule has 0 aliphatic heterocycles. The molecule has 0 bridgehead atoms. The average Bonchev–Trinajstić information content (AvgIpc) is 3.10. The van der Waals surface area contributed by atoms with Crippen LogP contribution in [-0.4, -0.2) is 22.4 Å². The average molecular weight is 338 g/mol. The lowest BCUT2D eigenvalue weighted by Crippen LogP contribution is -2.38. The molecule has 132 valence electrons. The Hall–Kier alpha value is -2.30. The molecule has 0 unspecified atom stereocenters. The predicted octanol–water partition coefficient (Wildman–Crippen LogP) is 3.07. The van der Waals surface area contributed by atoms with Crippen LogP contribution in [0.1, 0.15) is 48.9 Å².